The fraction of sp³-hybridized carbons (Fsp3) is 0.208. The Labute approximate surface area is 204 Å². The molecule has 0 unspecified atom stereocenters. The Morgan fingerprint density at radius 2 is 1.89 bits per heavy atom. The minimum absolute atomic E-state index is 0.118. The summed E-state index contributed by atoms with van der Waals surface area (Å²) in [6.45, 7) is 1.65. The molecule has 4 aromatic rings. The Balaban J connectivity index is 1.17. The summed E-state index contributed by atoms with van der Waals surface area (Å²) >= 11 is 1.01. The van der Waals surface area contributed by atoms with E-state index in [1.165, 1.54) is 0 Å². The van der Waals surface area contributed by atoms with E-state index in [2.05, 4.69) is 25.9 Å². The van der Waals surface area contributed by atoms with Crippen LogP contribution in [0.5, 0.6) is 0 Å². The van der Waals surface area contributed by atoms with Gasteiger partial charge in [0.1, 0.15) is 5.54 Å². The predicted molar refractivity (Wildman–Crippen MR) is 129 cm³/mol. The van der Waals surface area contributed by atoms with E-state index in [9.17, 15) is 14.4 Å². The number of hydrogen-bond donors (Lipinski definition) is 3. The van der Waals surface area contributed by atoms with E-state index in [1.807, 2.05) is 54.6 Å². The Bertz CT molecular complexity index is 1400. The van der Waals surface area contributed by atoms with Crippen LogP contribution in [0.3, 0.4) is 0 Å². The number of benzene rings is 2. The molecule has 178 valence electrons. The molecule has 1 saturated heterocycles. The summed E-state index contributed by atoms with van der Waals surface area (Å²) < 4.78 is 5.69. The minimum Gasteiger partial charge on any atom is -0.411 e. The minimum atomic E-state index is -1.10. The number of nitrogens with one attached hydrogen (secondary N) is 3. The van der Waals surface area contributed by atoms with Gasteiger partial charge >= 0.3 is 6.03 Å². The largest absolute Gasteiger partial charge is 0.411 e. The lowest BCUT2D eigenvalue weighted by atomic mass is 9.93. The molecule has 0 spiro atoms. The number of fused-ring (bicyclic) bond motifs is 1. The first-order chi connectivity index (χ1) is 16.9. The van der Waals surface area contributed by atoms with Crippen molar-refractivity contribution in [2.24, 2.45) is 0 Å². The van der Waals surface area contributed by atoms with E-state index in [0.29, 0.717) is 18.7 Å². The molecule has 3 heterocycles. The standard InChI is InChI=1S/C24H22N6O4S/c1-24(12-11-15-7-3-2-4-8-15)21(32)30(22(33)26-24)29-19(31)14-35-23-28-27-20(34-23)17-13-25-18-10-6-5-9-16(17)18/h2-10,13,25H,11-12,14H2,1H3,(H,26,33)(H,29,31)/t24-/m1/s1. The molecule has 5 rings (SSSR count). The number of aromatic nitrogens is 3. The lowest BCUT2D eigenvalue weighted by molar-refractivity contribution is -0.138. The molecule has 1 fully saturated rings. The lowest BCUT2D eigenvalue weighted by Crippen LogP contribution is -2.49. The molecule has 0 bridgehead atoms. The monoisotopic (exact) mass is 490 g/mol. The van der Waals surface area contributed by atoms with E-state index in [4.69, 9.17) is 4.42 Å². The molecule has 3 N–H and O–H groups in total. The van der Waals surface area contributed by atoms with Crippen LogP contribution in [0.25, 0.3) is 22.4 Å². The quantitative estimate of drug-likeness (QED) is 0.255. The summed E-state index contributed by atoms with van der Waals surface area (Å²) in [7, 11) is 0. The van der Waals surface area contributed by atoms with E-state index in [-0.39, 0.29) is 11.0 Å². The highest BCUT2D eigenvalue weighted by molar-refractivity contribution is 7.99. The van der Waals surface area contributed by atoms with Crippen molar-refractivity contribution < 1.29 is 18.8 Å². The molecule has 1 atom stereocenters. The maximum absolute atomic E-state index is 12.9. The van der Waals surface area contributed by atoms with Crippen LogP contribution >= 0.6 is 11.8 Å². The van der Waals surface area contributed by atoms with Gasteiger partial charge in [0, 0.05) is 17.1 Å². The second-order valence-electron chi connectivity index (χ2n) is 8.33. The van der Waals surface area contributed by atoms with Crippen molar-refractivity contribution in [2.75, 3.05) is 5.75 Å². The van der Waals surface area contributed by atoms with Crippen LogP contribution in [0, 0.1) is 0 Å². The van der Waals surface area contributed by atoms with Crippen LogP contribution in [-0.4, -0.2) is 49.3 Å². The first-order valence-electron chi connectivity index (χ1n) is 11.0. The third kappa shape index (κ3) is 4.62. The number of aryl methyl sites for hydroxylation is 1. The van der Waals surface area contributed by atoms with Crippen molar-refractivity contribution in [3.05, 3.63) is 66.4 Å². The van der Waals surface area contributed by atoms with E-state index in [0.717, 1.165) is 38.8 Å². The second kappa shape index (κ2) is 9.26. The third-order valence-corrected chi connectivity index (χ3v) is 6.63. The van der Waals surface area contributed by atoms with Crippen LogP contribution in [0.1, 0.15) is 18.9 Å². The Hall–Kier alpha value is -4.12. The van der Waals surface area contributed by atoms with Gasteiger partial charge in [-0.1, -0.05) is 60.3 Å². The number of aromatic amines is 1. The van der Waals surface area contributed by atoms with Gasteiger partial charge in [-0.15, -0.1) is 10.2 Å². The molecule has 2 aromatic carbocycles. The van der Waals surface area contributed by atoms with Crippen LogP contribution in [0.2, 0.25) is 0 Å². The zero-order valence-corrected chi connectivity index (χ0v) is 19.6. The van der Waals surface area contributed by atoms with Crippen LogP contribution in [0.15, 0.2) is 70.4 Å². The Morgan fingerprint density at radius 3 is 2.71 bits per heavy atom. The topological polar surface area (TPSA) is 133 Å². The molecule has 1 aliphatic rings. The highest BCUT2D eigenvalue weighted by atomic mass is 32.2. The smallest absolute Gasteiger partial charge is 0.344 e. The van der Waals surface area contributed by atoms with Gasteiger partial charge in [0.25, 0.3) is 17.0 Å². The van der Waals surface area contributed by atoms with Gasteiger partial charge in [0.15, 0.2) is 0 Å². The van der Waals surface area contributed by atoms with Crippen molar-refractivity contribution in [2.45, 2.75) is 30.5 Å². The second-order valence-corrected chi connectivity index (χ2v) is 9.26. The van der Waals surface area contributed by atoms with Crippen molar-refractivity contribution in [3.63, 3.8) is 0 Å². The number of carbonyl (C=O) groups is 3. The zero-order chi connectivity index (χ0) is 24.4. The molecule has 1 aliphatic heterocycles. The van der Waals surface area contributed by atoms with E-state index >= 15 is 0 Å². The fourth-order valence-corrected chi connectivity index (χ4v) is 4.46. The van der Waals surface area contributed by atoms with Crippen molar-refractivity contribution >= 4 is 40.5 Å². The number of rotatable bonds is 8. The Kier molecular flexibility index (Phi) is 6.00. The maximum Gasteiger partial charge on any atom is 0.344 e. The lowest BCUT2D eigenvalue weighted by Gasteiger charge is -2.21. The third-order valence-electron chi connectivity index (χ3n) is 5.81. The number of H-pyrrole nitrogens is 1. The summed E-state index contributed by atoms with van der Waals surface area (Å²) in [5.41, 5.74) is 4.04. The highest BCUT2D eigenvalue weighted by Gasteiger charge is 2.48. The molecule has 0 saturated carbocycles. The van der Waals surface area contributed by atoms with Gasteiger partial charge in [0.05, 0.1) is 11.3 Å². The van der Waals surface area contributed by atoms with Crippen LogP contribution in [-0.2, 0) is 16.0 Å². The van der Waals surface area contributed by atoms with Gasteiger partial charge in [-0.25, -0.2) is 4.79 Å². The summed E-state index contributed by atoms with van der Waals surface area (Å²) in [4.78, 5) is 40.9. The number of amides is 4. The van der Waals surface area contributed by atoms with Gasteiger partial charge < -0.3 is 14.7 Å². The number of urea groups is 1. The van der Waals surface area contributed by atoms with Crippen molar-refractivity contribution in [1.29, 1.82) is 0 Å². The highest BCUT2D eigenvalue weighted by Crippen LogP contribution is 2.29. The molecule has 4 amide bonds. The number of hydrazine groups is 1. The number of carbonyl (C=O) groups excluding carboxylic acids is 3. The number of para-hydroxylation sites is 1. The van der Waals surface area contributed by atoms with Crippen LogP contribution < -0.4 is 10.7 Å². The fourth-order valence-electron chi connectivity index (χ4n) is 3.90. The average Bonchev–Trinajstić information content (AvgIpc) is 3.56. The van der Waals surface area contributed by atoms with Crippen LogP contribution in [0.4, 0.5) is 4.79 Å². The predicted octanol–water partition coefficient (Wildman–Crippen LogP) is 3.28. The maximum atomic E-state index is 12.9. The average molecular weight is 491 g/mol. The van der Waals surface area contributed by atoms with Crippen molar-refractivity contribution in [3.8, 4) is 11.5 Å². The van der Waals surface area contributed by atoms with E-state index in [1.54, 1.807) is 13.1 Å². The first kappa shape index (κ1) is 22.7. The number of imide groups is 1. The molecule has 0 radical (unpaired) electrons. The molecular formula is C24H22N6O4S. The summed E-state index contributed by atoms with van der Waals surface area (Å²) in [5, 5.41) is 12.6. The molecule has 2 aromatic heterocycles. The summed E-state index contributed by atoms with van der Waals surface area (Å²) in [5.74, 6) is -0.838. The molecule has 35 heavy (non-hydrogen) atoms. The number of hydrogen-bond acceptors (Lipinski definition) is 7. The zero-order valence-electron chi connectivity index (χ0n) is 18.8. The number of thioether (sulfide) groups is 1. The SMILES string of the molecule is C[C@]1(CCc2ccccc2)NC(=O)N(NC(=O)CSc2nnc(-c3c[nH]c4ccccc34)o2)C1=O. The summed E-state index contributed by atoms with van der Waals surface area (Å²) in [6, 6.07) is 16.7. The Morgan fingerprint density at radius 1 is 1.11 bits per heavy atom. The molecule has 10 nitrogen and oxygen atoms in total. The van der Waals surface area contributed by atoms with Crippen molar-refractivity contribution in [1.82, 2.24) is 30.9 Å². The van der Waals surface area contributed by atoms with Gasteiger partial charge in [-0.2, -0.15) is 5.01 Å². The van der Waals surface area contributed by atoms with E-state index < -0.39 is 23.4 Å². The molecular weight excluding hydrogens is 468 g/mol. The first-order valence-corrected chi connectivity index (χ1v) is 11.9. The summed E-state index contributed by atoms with van der Waals surface area (Å²) in [6.07, 6.45) is 2.80. The van der Waals surface area contributed by atoms with Gasteiger partial charge in [0.2, 0.25) is 5.91 Å². The van der Waals surface area contributed by atoms with Gasteiger partial charge in [-0.3, -0.25) is 15.0 Å². The number of nitrogens with zero attached hydrogens (tertiary/aromatic N) is 3. The van der Waals surface area contributed by atoms with Gasteiger partial charge in [-0.05, 0) is 31.4 Å². The molecule has 11 heteroatoms. The normalized spacial score (nSPS) is 17.7. The molecule has 0 aliphatic carbocycles.